The second-order valence-corrected chi connectivity index (χ2v) is 7.09. The van der Waals surface area contributed by atoms with Crippen molar-refractivity contribution in [3.8, 4) is 11.5 Å². The van der Waals surface area contributed by atoms with Crippen molar-refractivity contribution in [3.05, 3.63) is 90.0 Å². The van der Waals surface area contributed by atoms with Gasteiger partial charge in [-0.25, -0.2) is 4.21 Å². The van der Waals surface area contributed by atoms with Crippen LogP contribution < -0.4 is 14.8 Å². The summed E-state index contributed by atoms with van der Waals surface area (Å²) in [5.74, 6) is 1.13. The molecule has 3 aromatic rings. The third-order valence-corrected chi connectivity index (χ3v) is 4.57. The van der Waals surface area contributed by atoms with Gasteiger partial charge in [-0.05, 0) is 53.9 Å². The van der Waals surface area contributed by atoms with Crippen LogP contribution in [-0.4, -0.2) is 14.7 Å². The summed E-state index contributed by atoms with van der Waals surface area (Å²) < 4.78 is 27.0. The summed E-state index contributed by atoms with van der Waals surface area (Å²) >= 11 is -2.31. The fourth-order valence-corrected chi connectivity index (χ4v) is 3.04. The third-order valence-electron chi connectivity index (χ3n) is 4.17. The molecule has 3 rings (SSSR count). The zero-order valence-corrected chi connectivity index (χ0v) is 16.5. The van der Waals surface area contributed by atoms with Crippen LogP contribution in [0.2, 0.25) is 0 Å². The Hall–Kier alpha value is -3.16. The first-order valence-corrected chi connectivity index (χ1v) is 10.2. The molecule has 0 aliphatic heterocycles. The van der Waals surface area contributed by atoms with E-state index in [1.54, 1.807) is 0 Å². The Morgan fingerprint density at radius 2 is 1.62 bits per heavy atom. The topological polar surface area (TPSA) is 87.7 Å². The van der Waals surface area contributed by atoms with Gasteiger partial charge in [0.1, 0.15) is 11.5 Å². The van der Waals surface area contributed by atoms with E-state index in [-0.39, 0.29) is 6.42 Å². The number of hydrogen-bond acceptors (Lipinski definition) is 4. The molecule has 0 saturated carbocycles. The zero-order chi connectivity index (χ0) is 20.5. The number of amides is 1. The number of ether oxygens (including phenoxy) is 1. The van der Waals surface area contributed by atoms with Gasteiger partial charge in [0.2, 0.25) is 5.91 Å². The van der Waals surface area contributed by atoms with Gasteiger partial charge >= 0.3 is 0 Å². The minimum absolute atomic E-state index is 0.160. The van der Waals surface area contributed by atoms with Crippen LogP contribution in [0.4, 0.5) is 5.69 Å². The van der Waals surface area contributed by atoms with Crippen LogP contribution in [0.3, 0.4) is 0 Å². The number of carbonyl (C=O) groups excluding carboxylic acids is 1. The molecule has 0 bridgehead atoms. The largest absolute Gasteiger partial charge is 0.457 e. The van der Waals surface area contributed by atoms with Gasteiger partial charge in [-0.3, -0.25) is 14.1 Å². The normalized spacial score (nSPS) is 11.5. The Morgan fingerprint density at radius 1 is 0.897 bits per heavy atom. The van der Waals surface area contributed by atoms with E-state index in [0.29, 0.717) is 13.0 Å². The minimum atomic E-state index is -2.31. The maximum atomic E-state index is 11.4. The first kappa shape index (κ1) is 20.6. The van der Waals surface area contributed by atoms with E-state index >= 15 is 0 Å². The van der Waals surface area contributed by atoms with Crippen molar-refractivity contribution in [2.24, 2.45) is 0 Å². The van der Waals surface area contributed by atoms with Gasteiger partial charge in [0.25, 0.3) is 11.3 Å². The van der Waals surface area contributed by atoms with Gasteiger partial charge in [0.05, 0.1) is 0 Å². The van der Waals surface area contributed by atoms with E-state index in [2.05, 4.69) is 5.32 Å². The number of aryl methyl sites for hydroxylation is 1. The van der Waals surface area contributed by atoms with Gasteiger partial charge in [-0.1, -0.05) is 42.5 Å². The van der Waals surface area contributed by atoms with Crippen molar-refractivity contribution in [2.75, 3.05) is 5.32 Å². The molecule has 1 atom stereocenters. The van der Waals surface area contributed by atoms with Gasteiger partial charge in [-0.2, -0.15) is 0 Å². The molecule has 3 aromatic carbocycles. The van der Waals surface area contributed by atoms with Gasteiger partial charge in [-0.15, -0.1) is 0 Å². The highest BCUT2D eigenvalue weighted by Gasteiger charge is 2.05. The second-order valence-electron chi connectivity index (χ2n) is 6.39. The van der Waals surface area contributed by atoms with Crippen LogP contribution in [0.15, 0.2) is 78.9 Å². The molecule has 0 heterocycles. The quantitative estimate of drug-likeness (QED) is 0.459. The molecule has 0 fully saturated rings. The summed E-state index contributed by atoms with van der Waals surface area (Å²) in [5.41, 5.74) is 3.04. The second kappa shape index (κ2) is 10.4. The molecule has 0 aromatic heterocycles. The first-order chi connectivity index (χ1) is 14.1. The van der Waals surface area contributed by atoms with Crippen LogP contribution in [0.5, 0.6) is 11.5 Å². The molecular formula is C22H22N2O4S. The summed E-state index contributed by atoms with van der Waals surface area (Å²) in [4.78, 5) is 11.4. The van der Waals surface area contributed by atoms with Crippen molar-refractivity contribution < 1.29 is 18.3 Å². The van der Waals surface area contributed by atoms with E-state index < -0.39 is 17.2 Å². The van der Waals surface area contributed by atoms with Gasteiger partial charge in [0.15, 0.2) is 0 Å². The maximum Gasteiger partial charge on any atom is 0.261 e. The average Bonchev–Trinajstić information content (AvgIpc) is 2.72. The minimum Gasteiger partial charge on any atom is -0.457 e. The molecule has 1 unspecified atom stereocenters. The van der Waals surface area contributed by atoms with E-state index in [1.165, 1.54) is 0 Å². The molecule has 6 nitrogen and oxygen atoms in total. The molecule has 3 N–H and O–H groups in total. The van der Waals surface area contributed by atoms with E-state index in [9.17, 15) is 9.00 Å². The standard InChI is InChI=1S/C22H22N2O4S/c25-22(24-29(26)27)14-11-17-9-12-19(13-10-17)23-16-18-5-4-8-21(15-18)28-20-6-2-1-3-7-20/h1-10,12-13,15,23H,11,14,16H2,(H,24,25)(H,26,27). The highest BCUT2D eigenvalue weighted by molar-refractivity contribution is 7.77. The molecule has 0 saturated heterocycles. The smallest absolute Gasteiger partial charge is 0.261 e. The number of hydrogen-bond donors (Lipinski definition) is 3. The number of rotatable bonds is 9. The lowest BCUT2D eigenvalue weighted by molar-refractivity contribution is -0.119. The highest BCUT2D eigenvalue weighted by Crippen LogP contribution is 2.22. The zero-order valence-electron chi connectivity index (χ0n) is 15.7. The van der Waals surface area contributed by atoms with Gasteiger partial charge in [0, 0.05) is 18.7 Å². The number of benzene rings is 3. The van der Waals surface area contributed by atoms with Crippen molar-refractivity contribution in [1.29, 1.82) is 0 Å². The maximum absolute atomic E-state index is 11.4. The Morgan fingerprint density at radius 3 is 2.34 bits per heavy atom. The van der Waals surface area contributed by atoms with E-state index in [1.807, 2.05) is 83.6 Å². The molecule has 0 spiro atoms. The van der Waals surface area contributed by atoms with Crippen LogP contribution >= 0.6 is 0 Å². The van der Waals surface area contributed by atoms with Crippen molar-refractivity contribution in [1.82, 2.24) is 4.72 Å². The lowest BCUT2D eigenvalue weighted by Crippen LogP contribution is -2.25. The fraction of sp³-hybridized carbons (Fsp3) is 0.136. The predicted molar refractivity (Wildman–Crippen MR) is 114 cm³/mol. The van der Waals surface area contributed by atoms with Crippen molar-refractivity contribution in [3.63, 3.8) is 0 Å². The van der Waals surface area contributed by atoms with E-state index in [4.69, 9.17) is 9.29 Å². The van der Waals surface area contributed by atoms with Crippen LogP contribution in [0.25, 0.3) is 0 Å². The summed E-state index contributed by atoms with van der Waals surface area (Å²) in [6.07, 6.45) is 0.662. The van der Waals surface area contributed by atoms with Crippen molar-refractivity contribution in [2.45, 2.75) is 19.4 Å². The van der Waals surface area contributed by atoms with Crippen LogP contribution in [0.1, 0.15) is 17.5 Å². The van der Waals surface area contributed by atoms with Gasteiger partial charge < -0.3 is 10.1 Å². The van der Waals surface area contributed by atoms with Crippen LogP contribution in [0, 0.1) is 0 Å². The molecule has 0 aliphatic rings. The number of para-hydroxylation sites is 1. The lowest BCUT2D eigenvalue weighted by Gasteiger charge is -2.10. The molecule has 1 amide bonds. The Labute approximate surface area is 172 Å². The summed E-state index contributed by atoms with van der Waals surface area (Å²) in [7, 11) is 0. The fourth-order valence-electron chi connectivity index (χ4n) is 2.74. The number of nitrogens with one attached hydrogen (secondary N) is 2. The Bertz CT molecular complexity index is 962. The molecule has 7 heteroatoms. The predicted octanol–water partition coefficient (Wildman–Crippen LogP) is 4.28. The molecule has 150 valence electrons. The summed E-state index contributed by atoms with van der Waals surface area (Å²) in [6, 6.07) is 25.3. The molecular weight excluding hydrogens is 388 g/mol. The monoisotopic (exact) mass is 410 g/mol. The number of carbonyl (C=O) groups is 1. The molecule has 29 heavy (non-hydrogen) atoms. The Kier molecular flexibility index (Phi) is 7.38. The molecule has 0 aliphatic carbocycles. The lowest BCUT2D eigenvalue weighted by atomic mass is 10.1. The highest BCUT2D eigenvalue weighted by atomic mass is 32.2. The summed E-state index contributed by atoms with van der Waals surface area (Å²) in [5, 5.41) is 3.36. The third kappa shape index (κ3) is 7.06. The van der Waals surface area contributed by atoms with E-state index in [0.717, 1.165) is 28.3 Å². The van der Waals surface area contributed by atoms with Crippen LogP contribution in [-0.2, 0) is 29.0 Å². The Balaban J connectivity index is 1.50. The summed E-state index contributed by atoms with van der Waals surface area (Å²) in [6.45, 7) is 0.649. The molecule has 0 radical (unpaired) electrons. The SMILES string of the molecule is O=C(CCc1ccc(NCc2cccc(Oc3ccccc3)c2)cc1)NS(=O)O. The average molecular weight is 410 g/mol. The number of anilines is 1. The first-order valence-electron chi connectivity index (χ1n) is 9.13. The van der Waals surface area contributed by atoms with Crippen molar-refractivity contribution >= 4 is 22.9 Å².